The van der Waals surface area contributed by atoms with Crippen LogP contribution in [-0.2, 0) is 13.0 Å². The number of rotatable bonds is 1. The van der Waals surface area contributed by atoms with Crippen molar-refractivity contribution in [2.24, 2.45) is 0 Å². The van der Waals surface area contributed by atoms with Crippen LogP contribution in [0.5, 0.6) is 0 Å². The van der Waals surface area contributed by atoms with Gasteiger partial charge in [-0.25, -0.2) is 4.79 Å². The third kappa shape index (κ3) is 2.85. The molecule has 0 unspecified atom stereocenters. The highest BCUT2D eigenvalue weighted by atomic mass is 35.5. The van der Waals surface area contributed by atoms with Gasteiger partial charge in [-0.3, -0.25) is 0 Å². The number of para-hydroxylation sites is 1. The van der Waals surface area contributed by atoms with E-state index in [1.807, 2.05) is 23.1 Å². The first-order valence-corrected chi connectivity index (χ1v) is 8.48. The molecule has 122 valence electrons. The number of urea groups is 1. The lowest BCUT2D eigenvalue weighted by Gasteiger charge is -2.21. The highest BCUT2D eigenvalue weighted by Crippen LogP contribution is 2.27. The van der Waals surface area contributed by atoms with Gasteiger partial charge in [0.2, 0.25) is 0 Å². The molecule has 0 spiro atoms. The average Bonchev–Trinajstić information content (AvgIpc) is 2.78. The molecule has 0 fully saturated rings. The van der Waals surface area contributed by atoms with Crippen LogP contribution in [0.1, 0.15) is 17.7 Å². The zero-order valence-electron chi connectivity index (χ0n) is 13.2. The number of amides is 2. The van der Waals surface area contributed by atoms with Crippen molar-refractivity contribution in [1.29, 1.82) is 0 Å². The van der Waals surface area contributed by atoms with Crippen LogP contribution in [0, 0.1) is 0 Å². The predicted molar refractivity (Wildman–Crippen MR) is 97.5 cm³/mol. The number of nitrogens with one attached hydrogen (secondary N) is 2. The van der Waals surface area contributed by atoms with E-state index in [1.54, 1.807) is 12.1 Å². The van der Waals surface area contributed by atoms with E-state index in [9.17, 15) is 4.79 Å². The Kier molecular flexibility index (Phi) is 3.90. The van der Waals surface area contributed by atoms with Crippen LogP contribution in [0.25, 0.3) is 10.9 Å². The highest BCUT2D eigenvalue weighted by Gasteiger charge is 2.22. The predicted octanol–water partition coefficient (Wildman–Crippen LogP) is 4.80. The molecule has 0 saturated heterocycles. The van der Waals surface area contributed by atoms with Crippen molar-refractivity contribution < 1.29 is 4.79 Å². The fraction of sp³-hybridized carbons (Fsp3) is 0.211. The third-order valence-corrected chi connectivity index (χ3v) is 4.70. The number of hydrogen-bond donors (Lipinski definition) is 2. The van der Waals surface area contributed by atoms with Crippen LogP contribution < -0.4 is 5.32 Å². The molecule has 2 aromatic carbocycles. The number of halogens is 1. The molecule has 0 radical (unpaired) electrons. The minimum absolute atomic E-state index is 0.0937. The second-order valence-corrected chi connectivity index (χ2v) is 6.53. The van der Waals surface area contributed by atoms with E-state index in [0.29, 0.717) is 17.3 Å². The number of hydrogen-bond acceptors (Lipinski definition) is 1. The molecule has 0 aliphatic carbocycles. The Bertz CT molecular complexity index is 903. The molecule has 5 heteroatoms. The number of carbonyl (C=O) groups excluding carboxylic acids is 1. The Balaban J connectivity index is 1.57. The molecule has 0 bridgehead atoms. The van der Waals surface area contributed by atoms with Crippen molar-refractivity contribution >= 4 is 34.2 Å². The number of aromatic nitrogens is 1. The van der Waals surface area contributed by atoms with Crippen molar-refractivity contribution in [2.75, 3.05) is 11.9 Å². The first-order valence-electron chi connectivity index (χ1n) is 8.10. The summed E-state index contributed by atoms with van der Waals surface area (Å²) in [5, 5.41) is 4.81. The van der Waals surface area contributed by atoms with Crippen LogP contribution in [0.4, 0.5) is 10.5 Å². The van der Waals surface area contributed by atoms with Gasteiger partial charge >= 0.3 is 6.03 Å². The largest absolute Gasteiger partial charge is 0.357 e. The summed E-state index contributed by atoms with van der Waals surface area (Å²) in [5.74, 6) is 0. The maximum atomic E-state index is 12.6. The molecule has 24 heavy (non-hydrogen) atoms. The van der Waals surface area contributed by atoms with Gasteiger partial charge in [-0.05, 0) is 42.7 Å². The van der Waals surface area contributed by atoms with Crippen LogP contribution in [0.2, 0.25) is 5.02 Å². The summed E-state index contributed by atoms with van der Waals surface area (Å²) in [6.45, 7) is 1.33. The molecule has 4 rings (SSSR count). The fourth-order valence-electron chi connectivity index (χ4n) is 3.34. The normalized spacial score (nSPS) is 14.3. The van der Waals surface area contributed by atoms with E-state index in [1.165, 1.54) is 10.9 Å². The smallest absolute Gasteiger partial charge is 0.322 e. The molecule has 4 nitrogen and oxygen atoms in total. The Morgan fingerprint density at radius 1 is 1.17 bits per heavy atom. The van der Waals surface area contributed by atoms with Crippen molar-refractivity contribution in [2.45, 2.75) is 19.4 Å². The number of anilines is 1. The highest BCUT2D eigenvalue weighted by molar-refractivity contribution is 6.30. The first-order chi connectivity index (χ1) is 11.7. The summed E-state index contributed by atoms with van der Waals surface area (Å²) in [6, 6.07) is 15.4. The molecular weight excluding hydrogens is 322 g/mol. The Hall–Kier alpha value is -2.46. The maximum absolute atomic E-state index is 12.6. The van der Waals surface area contributed by atoms with Crippen LogP contribution in [0.15, 0.2) is 48.5 Å². The zero-order chi connectivity index (χ0) is 16.5. The summed E-state index contributed by atoms with van der Waals surface area (Å²) in [5.41, 5.74) is 4.33. The number of nitrogens with zero attached hydrogens (tertiary/aromatic N) is 1. The summed E-state index contributed by atoms with van der Waals surface area (Å²) >= 11 is 5.98. The third-order valence-electron chi connectivity index (χ3n) is 4.47. The van der Waals surface area contributed by atoms with Gasteiger partial charge < -0.3 is 15.2 Å². The molecule has 0 saturated carbocycles. The van der Waals surface area contributed by atoms with E-state index in [4.69, 9.17) is 11.6 Å². The van der Waals surface area contributed by atoms with Crippen molar-refractivity contribution in [3.63, 3.8) is 0 Å². The van der Waals surface area contributed by atoms with Gasteiger partial charge in [0.25, 0.3) is 0 Å². The quantitative estimate of drug-likeness (QED) is 0.657. The van der Waals surface area contributed by atoms with Crippen LogP contribution in [0.3, 0.4) is 0 Å². The summed E-state index contributed by atoms with van der Waals surface area (Å²) in [7, 11) is 0. The molecule has 2 N–H and O–H groups in total. The number of H-pyrrole nitrogens is 1. The van der Waals surface area contributed by atoms with Crippen molar-refractivity contribution in [3.05, 3.63) is 64.8 Å². The minimum Gasteiger partial charge on any atom is -0.357 e. The summed E-state index contributed by atoms with van der Waals surface area (Å²) < 4.78 is 0. The molecular formula is C19H18ClN3O. The lowest BCUT2D eigenvalue weighted by Crippen LogP contribution is -2.34. The van der Waals surface area contributed by atoms with Crippen molar-refractivity contribution in [1.82, 2.24) is 9.88 Å². The lowest BCUT2D eigenvalue weighted by molar-refractivity contribution is 0.209. The van der Waals surface area contributed by atoms with Crippen LogP contribution >= 0.6 is 11.6 Å². The zero-order valence-corrected chi connectivity index (χ0v) is 13.9. The average molecular weight is 340 g/mol. The summed E-state index contributed by atoms with van der Waals surface area (Å²) in [4.78, 5) is 17.9. The fourth-order valence-corrected chi connectivity index (χ4v) is 3.53. The number of benzene rings is 2. The molecule has 1 aliphatic rings. The number of fused-ring (bicyclic) bond motifs is 3. The van der Waals surface area contributed by atoms with Gasteiger partial charge in [0, 0.05) is 33.9 Å². The van der Waals surface area contributed by atoms with Crippen LogP contribution in [-0.4, -0.2) is 22.5 Å². The molecule has 2 amide bonds. The Morgan fingerprint density at radius 3 is 2.92 bits per heavy atom. The second-order valence-electron chi connectivity index (χ2n) is 6.09. The minimum atomic E-state index is -0.0937. The topological polar surface area (TPSA) is 48.1 Å². The molecule has 3 aromatic rings. The first kappa shape index (κ1) is 15.1. The van der Waals surface area contributed by atoms with Gasteiger partial charge in [-0.15, -0.1) is 0 Å². The molecule has 1 aromatic heterocycles. The van der Waals surface area contributed by atoms with Gasteiger partial charge in [-0.2, -0.15) is 0 Å². The molecule has 1 aliphatic heterocycles. The van der Waals surface area contributed by atoms with E-state index in [0.717, 1.165) is 30.6 Å². The standard InChI is InChI=1S/C19H18ClN3O/c20-13-5-3-6-14(11-13)21-19(24)23-10-4-8-16-15-7-1-2-9-17(15)22-18(16)12-23/h1-3,5-7,9,11,22H,4,8,10,12H2,(H,21,24). The number of aromatic amines is 1. The monoisotopic (exact) mass is 339 g/mol. The van der Waals surface area contributed by atoms with Crippen molar-refractivity contribution in [3.8, 4) is 0 Å². The number of carbonyl (C=O) groups is 1. The van der Waals surface area contributed by atoms with E-state index < -0.39 is 0 Å². The van der Waals surface area contributed by atoms with Gasteiger partial charge in [0.05, 0.1) is 6.54 Å². The lowest BCUT2D eigenvalue weighted by atomic mass is 10.1. The molecule has 2 heterocycles. The summed E-state index contributed by atoms with van der Waals surface area (Å²) in [6.07, 6.45) is 1.94. The second kappa shape index (κ2) is 6.21. The van der Waals surface area contributed by atoms with Gasteiger partial charge in [0.15, 0.2) is 0 Å². The number of aryl methyl sites for hydroxylation is 1. The maximum Gasteiger partial charge on any atom is 0.322 e. The van der Waals surface area contributed by atoms with E-state index >= 15 is 0 Å². The van der Waals surface area contributed by atoms with E-state index in [-0.39, 0.29) is 6.03 Å². The molecule has 0 atom stereocenters. The van der Waals surface area contributed by atoms with Gasteiger partial charge in [-0.1, -0.05) is 35.9 Å². The van der Waals surface area contributed by atoms with Gasteiger partial charge in [0.1, 0.15) is 0 Å². The Labute approximate surface area is 145 Å². The van der Waals surface area contributed by atoms with E-state index in [2.05, 4.69) is 28.5 Å². The SMILES string of the molecule is O=C(Nc1cccc(Cl)c1)N1CCCc2c([nH]c3ccccc23)C1. The Morgan fingerprint density at radius 2 is 2.04 bits per heavy atom.